The smallest absolute Gasteiger partial charge is 0.246 e. The number of hydrogen-bond acceptors (Lipinski definition) is 4. The van der Waals surface area contributed by atoms with E-state index in [1.165, 1.54) is 19.3 Å². The van der Waals surface area contributed by atoms with Crippen LogP contribution < -0.4 is 5.32 Å². The number of aromatic nitrogens is 2. The number of nitrogens with one attached hydrogen (secondary N) is 1. The number of rotatable bonds is 3. The average molecular weight is 221 g/mol. The van der Waals surface area contributed by atoms with Gasteiger partial charge in [-0.15, -0.1) is 0 Å². The Morgan fingerprint density at radius 2 is 2.19 bits per heavy atom. The molecule has 0 bridgehead atoms. The molecule has 2 aliphatic rings. The zero-order chi connectivity index (χ0) is 11.2. The van der Waals surface area contributed by atoms with E-state index in [1.54, 1.807) is 0 Å². The van der Waals surface area contributed by atoms with Crippen molar-refractivity contribution in [2.45, 2.75) is 56.9 Å². The number of nitrogens with zero attached hydrogens (tertiary/aromatic N) is 2. The van der Waals surface area contributed by atoms with Crippen LogP contribution in [0.1, 0.15) is 57.7 Å². The average Bonchev–Trinajstić information content (AvgIpc) is 2.82. The van der Waals surface area contributed by atoms with Crippen molar-refractivity contribution in [3.05, 3.63) is 11.7 Å². The second-order valence-electron chi connectivity index (χ2n) is 5.45. The first kappa shape index (κ1) is 10.3. The summed E-state index contributed by atoms with van der Waals surface area (Å²) in [5, 5.41) is 7.69. The van der Waals surface area contributed by atoms with Gasteiger partial charge in [0.25, 0.3) is 0 Å². The fraction of sp³-hybridized carbons (Fsp3) is 0.833. The lowest BCUT2D eigenvalue weighted by Crippen LogP contribution is -2.36. The summed E-state index contributed by atoms with van der Waals surface area (Å²) < 4.78 is 5.49. The van der Waals surface area contributed by atoms with Gasteiger partial charge in [-0.25, -0.2) is 0 Å². The molecule has 1 unspecified atom stereocenters. The van der Waals surface area contributed by atoms with Crippen molar-refractivity contribution < 1.29 is 4.52 Å². The van der Waals surface area contributed by atoms with E-state index >= 15 is 0 Å². The van der Waals surface area contributed by atoms with Gasteiger partial charge in [0, 0.05) is 5.41 Å². The molecule has 1 saturated heterocycles. The molecule has 0 amide bonds. The van der Waals surface area contributed by atoms with Crippen molar-refractivity contribution >= 4 is 0 Å². The molecule has 4 heteroatoms. The molecule has 1 aromatic rings. The maximum absolute atomic E-state index is 5.49. The van der Waals surface area contributed by atoms with E-state index in [2.05, 4.69) is 29.3 Å². The van der Waals surface area contributed by atoms with Gasteiger partial charge < -0.3 is 9.84 Å². The Labute approximate surface area is 95.8 Å². The molecule has 1 saturated carbocycles. The molecule has 3 rings (SSSR count). The monoisotopic (exact) mass is 221 g/mol. The summed E-state index contributed by atoms with van der Waals surface area (Å²) in [7, 11) is 0. The van der Waals surface area contributed by atoms with Crippen LogP contribution in [0.15, 0.2) is 4.52 Å². The highest BCUT2D eigenvalue weighted by Crippen LogP contribution is 2.46. The minimum absolute atomic E-state index is 0.0451. The summed E-state index contributed by atoms with van der Waals surface area (Å²) in [6, 6.07) is 0. The largest absolute Gasteiger partial charge is 0.337 e. The van der Waals surface area contributed by atoms with Crippen molar-refractivity contribution in [2.75, 3.05) is 6.54 Å². The maximum Gasteiger partial charge on any atom is 0.246 e. The molecule has 0 spiro atoms. The summed E-state index contributed by atoms with van der Waals surface area (Å²) in [5.74, 6) is 1.71. The van der Waals surface area contributed by atoms with Gasteiger partial charge in [-0.05, 0) is 38.6 Å². The Hall–Kier alpha value is -0.900. The minimum atomic E-state index is -0.0451. The standard InChI is InChI=1S/C12H19N3O/c1-3-12(5-4-8-13-12)10-14-9(15-16-10)11(2)6-7-11/h13H,3-8H2,1-2H3. The van der Waals surface area contributed by atoms with Crippen molar-refractivity contribution in [1.29, 1.82) is 0 Å². The molecule has 1 aliphatic carbocycles. The Kier molecular flexibility index (Phi) is 2.11. The van der Waals surface area contributed by atoms with E-state index in [0.717, 1.165) is 31.1 Å². The van der Waals surface area contributed by atoms with Crippen LogP contribution in [-0.4, -0.2) is 16.7 Å². The third kappa shape index (κ3) is 1.39. The molecule has 1 aromatic heterocycles. The normalized spacial score (nSPS) is 31.9. The Bertz CT molecular complexity index is 389. The molecule has 4 nitrogen and oxygen atoms in total. The summed E-state index contributed by atoms with van der Waals surface area (Å²) in [5.41, 5.74) is 0.159. The van der Waals surface area contributed by atoms with Crippen molar-refractivity contribution in [2.24, 2.45) is 0 Å². The molecule has 2 heterocycles. The molecule has 1 aliphatic heterocycles. The fourth-order valence-corrected chi connectivity index (χ4v) is 2.52. The van der Waals surface area contributed by atoms with Crippen molar-refractivity contribution in [3.63, 3.8) is 0 Å². The van der Waals surface area contributed by atoms with Gasteiger partial charge in [0.15, 0.2) is 5.82 Å². The second-order valence-corrected chi connectivity index (χ2v) is 5.45. The highest BCUT2D eigenvalue weighted by Gasteiger charge is 2.46. The van der Waals surface area contributed by atoms with Gasteiger partial charge in [0.05, 0.1) is 5.54 Å². The minimum Gasteiger partial charge on any atom is -0.337 e. The first-order valence-corrected chi connectivity index (χ1v) is 6.28. The Balaban J connectivity index is 1.91. The van der Waals surface area contributed by atoms with Gasteiger partial charge in [-0.3, -0.25) is 0 Å². The van der Waals surface area contributed by atoms with E-state index in [-0.39, 0.29) is 11.0 Å². The lowest BCUT2D eigenvalue weighted by molar-refractivity contribution is 0.248. The SMILES string of the molecule is CCC1(c2nc(C3(C)CC3)no2)CCCN1. The van der Waals surface area contributed by atoms with Crippen LogP contribution in [0.25, 0.3) is 0 Å². The van der Waals surface area contributed by atoms with Crippen LogP contribution in [0.2, 0.25) is 0 Å². The van der Waals surface area contributed by atoms with Crippen LogP contribution >= 0.6 is 0 Å². The first-order valence-electron chi connectivity index (χ1n) is 6.28. The summed E-state index contributed by atoms with van der Waals surface area (Å²) in [6.07, 6.45) is 5.72. The molecular weight excluding hydrogens is 202 g/mol. The van der Waals surface area contributed by atoms with E-state index in [9.17, 15) is 0 Å². The Morgan fingerprint density at radius 3 is 2.75 bits per heavy atom. The van der Waals surface area contributed by atoms with Crippen LogP contribution in [0.4, 0.5) is 0 Å². The zero-order valence-electron chi connectivity index (χ0n) is 10.0. The zero-order valence-corrected chi connectivity index (χ0v) is 10.0. The summed E-state index contributed by atoms with van der Waals surface area (Å²) >= 11 is 0. The quantitative estimate of drug-likeness (QED) is 0.849. The third-order valence-electron chi connectivity index (χ3n) is 4.22. The van der Waals surface area contributed by atoms with Crippen molar-refractivity contribution in [3.8, 4) is 0 Å². The van der Waals surface area contributed by atoms with E-state index in [1.807, 2.05) is 0 Å². The van der Waals surface area contributed by atoms with Crippen LogP contribution in [0, 0.1) is 0 Å². The third-order valence-corrected chi connectivity index (χ3v) is 4.22. The molecule has 1 N–H and O–H groups in total. The summed E-state index contributed by atoms with van der Waals surface area (Å²) in [6.45, 7) is 5.45. The molecule has 0 aromatic carbocycles. The molecule has 1 atom stereocenters. The molecule has 16 heavy (non-hydrogen) atoms. The van der Waals surface area contributed by atoms with Gasteiger partial charge >= 0.3 is 0 Å². The van der Waals surface area contributed by atoms with Gasteiger partial charge in [0.1, 0.15) is 0 Å². The van der Waals surface area contributed by atoms with E-state index < -0.39 is 0 Å². The predicted molar refractivity (Wildman–Crippen MR) is 60.1 cm³/mol. The number of hydrogen-bond donors (Lipinski definition) is 1. The predicted octanol–water partition coefficient (Wildman–Crippen LogP) is 2.11. The van der Waals surface area contributed by atoms with Gasteiger partial charge in [0.2, 0.25) is 5.89 Å². The van der Waals surface area contributed by atoms with E-state index in [4.69, 9.17) is 4.52 Å². The van der Waals surface area contributed by atoms with Crippen LogP contribution in [0.3, 0.4) is 0 Å². The second kappa shape index (κ2) is 3.29. The molecule has 88 valence electrons. The van der Waals surface area contributed by atoms with Crippen LogP contribution in [0.5, 0.6) is 0 Å². The van der Waals surface area contributed by atoms with Crippen molar-refractivity contribution in [1.82, 2.24) is 15.5 Å². The highest BCUT2D eigenvalue weighted by molar-refractivity contribution is 5.16. The lowest BCUT2D eigenvalue weighted by atomic mass is 9.94. The summed E-state index contributed by atoms with van der Waals surface area (Å²) in [4.78, 5) is 4.63. The highest BCUT2D eigenvalue weighted by atomic mass is 16.5. The molecular formula is C12H19N3O. The first-order chi connectivity index (χ1) is 7.69. The van der Waals surface area contributed by atoms with E-state index in [0.29, 0.717) is 0 Å². The maximum atomic E-state index is 5.49. The molecule has 2 fully saturated rings. The molecule has 0 radical (unpaired) electrons. The lowest BCUT2D eigenvalue weighted by Gasteiger charge is -2.22. The topological polar surface area (TPSA) is 51.0 Å². The fourth-order valence-electron chi connectivity index (χ4n) is 2.52. The van der Waals surface area contributed by atoms with Gasteiger partial charge in [-0.1, -0.05) is 19.0 Å². The van der Waals surface area contributed by atoms with Crippen LogP contribution in [-0.2, 0) is 11.0 Å². The van der Waals surface area contributed by atoms with Gasteiger partial charge in [-0.2, -0.15) is 4.98 Å². The Morgan fingerprint density at radius 1 is 1.38 bits per heavy atom.